The van der Waals surface area contributed by atoms with Crippen LogP contribution in [0.1, 0.15) is 117 Å². The van der Waals surface area contributed by atoms with Crippen LogP contribution >= 0.6 is 0 Å². The van der Waals surface area contributed by atoms with Crippen molar-refractivity contribution in [1.29, 1.82) is 0 Å². The maximum absolute atomic E-state index is 2.77. The zero-order valence-corrected chi connectivity index (χ0v) is 19.6. The molecule has 6 rings (SSSR count). The first kappa shape index (κ1) is 19.7. The Bertz CT molecular complexity index is 545. The summed E-state index contributed by atoms with van der Waals surface area (Å²) in [5.74, 6) is 11.2. The molecule has 0 amide bonds. The van der Waals surface area contributed by atoms with E-state index in [1.807, 2.05) is 0 Å². The Kier molecular flexibility index (Phi) is 5.12. The van der Waals surface area contributed by atoms with Crippen molar-refractivity contribution in [2.24, 2.45) is 64.6 Å². The summed E-state index contributed by atoms with van der Waals surface area (Å²) in [4.78, 5) is 0. The smallest absolute Gasteiger partial charge is 0.0292 e. The Morgan fingerprint density at radius 1 is 0.448 bits per heavy atom. The summed E-state index contributed by atoms with van der Waals surface area (Å²) in [6, 6.07) is 0. The number of fused-ring (bicyclic) bond motifs is 7. The highest BCUT2D eigenvalue weighted by Crippen LogP contribution is 2.69. The highest BCUT2D eigenvalue weighted by atomic mass is 14.7. The fourth-order valence-electron chi connectivity index (χ4n) is 11.4. The van der Waals surface area contributed by atoms with Crippen LogP contribution in [0.5, 0.6) is 0 Å². The van der Waals surface area contributed by atoms with Gasteiger partial charge in [-0.1, -0.05) is 65.2 Å². The Hall–Kier alpha value is 0. The third kappa shape index (κ3) is 3.03. The van der Waals surface area contributed by atoms with Gasteiger partial charge in [0.25, 0.3) is 0 Å². The van der Waals surface area contributed by atoms with Gasteiger partial charge in [-0.25, -0.2) is 0 Å². The van der Waals surface area contributed by atoms with Gasteiger partial charge in [0.1, 0.15) is 0 Å². The predicted molar refractivity (Wildman–Crippen MR) is 123 cm³/mol. The van der Waals surface area contributed by atoms with Crippen molar-refractivity contribution in [2.75, 3.05) is 0 Å². The SMILES string of the molecule is CC(C)(C1CCCC1)C1C2CCC3CCCCC3C2C2C3CCCCC3CCC21. The van der Waals surface area contributed by atoms with Gasteiger partial charge in [0, 0.05) is 0 Å². The van der Waals surface area contributed by atoms with Crippen molar-refractivity contribution >= 4 is 0 Å². The van der Waals surface area contributed by atoms with Gasteiger partial charge >= 0.3 is 0 Å². The molecule has 6 fully saturated rings. The largest absolute Gasteiger partial charge is 0.0594 e. The van der Waals surface area contributed by atoms with Crippen LogP contribution in [0.25, 0.3) is 0 Å². The average Bonchev–Trinajstić information content (AvgIpc) is 3.40. The van der Waals surface area contributed by atoms with E-state index >= 15 is 0 Å². The summed E-state index contributed by atoms with van der Waals surface area (Å²) < 4.78 is 0. The third-order valence-electron chi connectivity index (χ3n) is 12.3. The summed E-state index contributed by atoms with van der Waals surface area (Å²) in [5, 5.41) is 0. The summed E-state index contributed by atoms with van der Waals surface area (Å²) in [6.45, 7) is 5.54. The van der Waals surface area contributed by atoms with E-state index in [0.29, 0.717) is 5.41 Å². The molecule has 6 aliphatic carbocycles. The Morgan fingerprint density at radius 3 is 1.41 bits per heavy atom. The van der Waals surface area contributed by atoms with Gasteiger partial charge < -0.3 is 0 Å². The minimum atomic E-state index is 0.613. The first-order valence-electron chi connectivity index (χ1n) is 14.2. The summed E-state index contributed by atoms with van der Waals surface area (Å²) in [7, 11) is 0. The Morgan fingerprint density at radius 2 is 0.897 bits per heavy atom. The van der Waals surface area contributed by atoms with Crippen molar-refractivity contribution < 1.29 is 0 Å². The van der Waals surface area contributed by atoms with Crippen molar-refractivity contribution in [3.05, 3.63) is 0 Å². The molecule has 6 saturated carbocycles. The number of rotatable bonds is 2. The molecule has 0 nitrogen and oxygen atoms in total. The number of hydrogen-bond donors (Lipinski definition) is 0. The molecule has 0 aliphatic heterocycles. The van der Waals surface area contributed by atoms with E-state index < -0.39 is 0 Å². The van der Waals surface area contributed by atoms with E-state index in [2.05, 4.69) is 13.8 Å². The molecular weight excluding hydrogens is 348 g/mol. The first-order chi connectivity index (χ1) is 14.2. The topological polar surface area (TPSA) is 0 Å². The fourth-order valence-corrected chi connectivity index (χ4v) is 11.4. The molecular formula is C29H48. The van der Waals surface area contributed by atoms with Gasteiger partial charge in [-0.05, 0) is 116 Å². The monoisotopic (exact) mass is 396 g/mol. The van der Waals surface area contributed by atoms with Crippen molar-refractivity contribution in [3.63, 3.8) is 0 Å². The highest BCUT2D eigenvalue weighted by molar-refractivity contribution is 5.11. The maximum atomic E-state index is 2.77. The second-order valence-corrected chi connectivity index (χ2v) is 13.4. The zero-order chi connectivity index (χ0) is 19.6. The minimum Gasteiger partial charge on any atom is -0.0594 e. The summed E-state index contributed by atoms with van der Waals surface area (Å²) in [6.07, 6.45) is 25.3. The molecule has 0 radical (unpaired) electrons. The molecule has 0 bridgehead atoms. The Labute approximate surface area is 181 Å². The van der Waals surface area contributed by atoms with Crippen molar-refractivity contribution in [1.82, 2.24) is 0 Å². The molecule has 0 aromatic heterocycles. The second kappa shape index (κ2) is 7.55. The lowest BCUT2D eigenvalue weighted by Crippen LogP contribution is -2.43. The standard InChI is InChI=1S/C29H48/c1-29(2,21-11-5-6-12-21)28-24-17-15-19-9-3-7-13-22(19)26(24)27-23-14-8-4-10-20(23)16-18-25(27)28/h19-28H,3-18H2,1-2H3. The molecule has 0 heteroatoms. The quantitative estimate of drug-likeness (QED) is 0.439. The Balaban J connectivity index is 1.38. The molecule has 0 spiro atoms. The molecule has 6 aliphatic rings. The lowest BCUT2D eigenvalue weighted by molar-refractivity contribution is -0.0152. The highest BCUT2D eigenvalue weighted by Gasteiger charge is 2.63. The van der Waals surface area contributed by atoms with Crippen LogP contribution in [-0.2, 0) is 0 Å². The van der Waals surface area contributed by atoms with Gasteiger partial charge in [-0.3, -0.25) is 0 Å². The fraction of sp³-hybridized carbons (Fsp3) is 1.00. The molecule has 8 atom stereocenters. The van der Waals surface area contributed by atoms with Crippen LogP contribution in [0, 0.1) is 64.6 Å². The number of hydrogen-bond acceptors (Lipinski definition) is 0. The van der Waals surface area contributed by atoms with Gasteiger partial charge in [0.05, 0.1) is 0 Å². The minimum absolute atomic E-state index is 0.613. The van der Waals surface area contributed by atoms with Crippen LogP contribution < -0.4 is 0 Å². The molecule has 0 aromatic rings. The van der Waals surface area contributed by atoms with Crippen LogP contribution in [-0.4, -0.2) is 0 Å². The predicted octanol–water partition coefficient (Wildman–Crippen LogP) is 8.50. The van der Waals surface area contributed by atoms with Crippen molar-refractivity contribution in [3.8, 4) is 0 Å². The third-order valence-corrected chi connectivity index (χ3v) is 12.3. The maximum Gasteiger partial charge on any atom is -0.0292 e. The molecule has 164 valence electrons. The van der Waals surface area contributed by atoms with Crippen LogP contribution in [0.15, 0.2) is 0 Å². The average molecular weight is 397 g/mol. The molecule has 0 heterocycles. The van der Waals surface area contributed by atoms with E-state index in [1.165, 1.54) is 12.8 Å². The molecule has 0 N–H and O–H groups in total. The van der Waals surface area contributed by atoms with Gasteiger partial charge in [-0.2, -0.15) is 0 Å². The van der Waals surface area contributed by atoms with Crippen LogP contribution in [0.2, 0.25) is 0 Å². The zero-order valence-electron chi connectivity index (χ0n) is 19.6. The molecule has 8 unspecified atom stereocenters. The van der Waals surface area contributed by atoms with Crippen LogP contribution in [0.3, 0.4) is 0 Å². The van der Waals surface area contributed by atoms with E-state index in [-0.39, 0.29) is 0 Å². The van der Waals surface area contributed by atoms with Crippen molar-refractivity contribution in [2.45, 2.75) is 117 Å². The lowest BCUT2D eigenvalue weighted by atomic mass is 9.54. The molecule has 0 aromatic carbocycles. The first-order valence-corrected chi connectivity index (χ1v) is 14.2. The molecule has 0 saturated heterocycles. The second-order valence-electron chi connectivity index (χ2n) is 13.4. The van der Waals surface area contributed by atoms with Gasteiger partial charge in [0.2, 0.25) is 0 Å². The van der Waals surface area contributed by atoms with Gasteiger partial charge in [0.15, 0.2) is 0 Å². The molecule has 29 heavy (non-hydrogen) atoms. The summed E-state index contributed by atoms with van der Waals surface area (Å²) >= 11 is 0. The lowest BCUT2D eigenvalue weighted by Gasteiger charge is -2.51. The summed E-state index contributed by atoms with van der Waals surface area (Å²) in [5.41, 5.74) is 0.613. The van der Waals surface area contributed by atoms with E-state index in [0.717, 1.165) is 59.2 Å². The van der Waals surface area contributed by atoms with E-state index in [9.17, 15) is 0 Å². The van der Waals surface area contributed by atoms with Gasteiger partial charge in [-0.15, -0.1) is 0 Å². The van der Waals surface area contributed by atoms with E-state index in [1.54, 1.807) is 89.9 Å². The normalized spacial score (nSPS) is 50.5. The van der Waals surface area contributed by atoms with E-state index in [4.69, 9.17) is 0 Å². The van der Waals surface area contributed by atoms with Crippen LogP contribution in [0.4, 0.5) is 0 Å².